The summed E-state index contributed by atoms with van der Waals surface area (Å²) in [5, 5.41) is 16.2. The molecule has 0 unspecified atom stereocenters. The molecule has 0 heterocycles. The Morgan fingerprint density at radius 3 is 1.85 bits per heavy atom. The Labute approximate surface area is 242 Å². The van der Waals surface area contributed by atoms with E-state index in [0.29, 0.717) is 24.3 Å². The fourth-order valence-corrected chi connectivity index (χ4v) is 4.34. The Hall–Kier alpha value is -2.70. The number of carbonyl (C=O) groups excluding carboxylic acids is 2. The van der Waals surface area contributed by atoms with Crippen molar-refractivity contribution in [3.63, 3.8) is 0 Å². The van der Waals surface area contributed by atoms with Crippen LogP contribution in [0.1, 0.15) is 137 Å². The molecule has 40 heavy (non-hydrogen) atoms. The topological polar surface area (TPSA) is 93.1 Å². The second-order valence-corrected chi connectivity index (χ2v) is 10.2. The van der Waals surface area contributed by atoms with Gasteiger partial charge in [-0.1, -0.05) is 122 Å². The molecule has 0 atom stereocenters. The van der Waals surface area contributed by atoms with Crippen molar-refractivity contribution in [2.24, 2.45) is 0 Å². The first-order valence-electron chi connectivity index (χ1n) is 15.4. The Balaban J connectivity index is 0.00000120. The van der Waals surface area contributed by atoms with Crippen LogP contribution >= 0.6 is 0 Å². The Kier molecular flexibility index (Phi) is 20.4. The van der Waals surface area contributed by atoms with Crippen LogP contribution in [-0.4, -0.2) is 35.0 Å². The van der Waals surface area contributed by atoms with E-state index in [2.05, 4.69) is 13.8 Å². The van der Waals surface area contributed by atoms with Crippen LogP contribution < -0.4 is 4.74 Å². The summed E-state index contributed by atoms with van der Waals surface area (Å²) < 4.78 is 11.2. The largest absolute Gasteiger partial charge is 0.462 e. The molecule has 2 aromatic carbocycles. The summed E-state index contributed by atoms with van der Waals surface area (Å²) in [4.78, 5) is 26.1. The molecule has 0 fully saturated rings. The zero-order valence-corrected chi connectivity index (χ0v) is 25.0. The minimum Gasteiger partial charge on any atom is -0.462 e. The molecule has 0 saturated heterocycles. The zero-order chi connectivity index (χ0) is 29.4. The first kappa shape index (κ1) is 35.3. The van der Waals surface area contributed by atoms with E-state index < -0.39 is 18.2 Å². The molecule has 0 aliphatic rings. The molecule has 2 rings (SSSR count). The molecule has 0 aliphatic carbocycles. The van der Waals surface area contributed by atoms with Gasteiger partial charge in [-0.05, 0) is 49.4 Å². The average Bonchev–Trinajstić information content (AvgIpc) is 2.95. The quantitative estimate of drug-likeness (QED) is 0.0781. The van der Waals surface area contributed by atoms with Crippen LogP contribution in [0, 0.1) is 0 Å². The Morgan fingerprint density at radius 2 is 1.27 bits per heavy atom. The molecule has 0 bridgehead atoms. The third kappa shape index (κ3) is 15.8. The fraction of sp³-hybridized carbons (Fsp3) is 0.588. The van der Waals surface area contributed by atoms with Gasteiger partial charge in [-0.15, -0.1) is 0 Å². The van der Waals surface area contributed by atoms with E-state index >= 15 is 0 Å². The van der Waals surface area contributed by atoms with Gasteiger partial charge in [0.15, 0.2) is 6.29 Å². The van der Waals surface area contributed by atoms with Crippen LogP contribution in [-0.2, 0) is 11.2 Å². The highest BCUT2D eigenvalue weighted by Crippen LogP contribution is 2.22. The fourth-order valence-electron chi connectivity index (χ4n) is 4.34. The first-order valence-corrected chi connectivity index (χ1v) is 15.4. The van der Waals surface area contributed by atoms with Crippen LogP contribution in [0.2, 0.25) is 0 Å². The minimum absolute atomic E-state index is 0.278. The van der Waals surface area contributed by atoms with Gasteiger partial charge < -0.3 is 19.7 Å². The van der Waals surface area contributed by atoms with Crippen molar-refractivity contribution in [1.82, 2.24) is 0 Å². The lowest BCUT2D eigenvalue weighted by Crippen LogP contribution is -2.18. The Bertz CT molecular complexity index is 925. The second kappa shape index (κ2) is 23.0. The molecule has 0 saturated carbocycles. The van der Waals surface area contributed by atoms with Crippen molar-refractivity contribution in [2.75, 3.05) is 6.61 Å². The normalized spacial score (nSPS) is 10.7. The van der Waals surface area contributed by atoms with Crippen molar-refractivity contribution >= 4 is 11.9 Å². The molecular weight excluding hydrogens is 504 g/mol. The van der Waals surface area contributed by atoms with Crippen molar-refractivity contribution in [2.45, 2.75) is 123 Å². The summed E-state index contributed by atoms with van der Waals surface area (Å²) in [6.07, 6.45) is 14.7. The maximum atomic E-state index is 13.1. The van der Waals surface area contributed by atoms with Crippen LogP contribution in [0.4, 0.5) is 0 Å². The molecule has 0 radical (unpaired) electrons. The van der Waals surface area contributed by atoms with Crippen molar-refractivity contribution in [1.29, 1.82) is 0 Å². The van der Waals surface area contributed by atoms with Crippen LogP contribution in [0.15, 0.2) is 48.5 Å². The summed E-state index contributed by atoms with van der Waals surface area (Å²) in [7, 11) is 0. The molecule has 0 aliphatic heterocycles. The summed E-state index contributed by atoms with van der Waals surface area (Å²) >= 11 is 0. The van der Waals surface area contributed by atoms with Gasteiger partial charge in [0.2, 0.25) is 0 Å². The molecule has 6 heteroatoms. The summed E-state index contributed by atoms with van der Waals surface area (Å²) in [5.41, 5.74) is 1.51. The number of carbonyl (C=O) groups is 2. The molecule has 0 spiro atoms. The number of ether oxygens (including phenoxy) is 2. The van der Waals surface area contributed by atoms with Crippen molar-refractivity contribution in [3.05, 3.63) is 65.2 Å². The number of esters is 2. The lowest BCUT2D eigenvalue weighted by atomic mass is 9.96. The lowest BCUT2D eigenvalue weighted by molar-refractivity contribution is -0.0453. The Morgan fingerprint density at radius 1 is 0.675 bits per heavy atom. The van der Waals surface area contributed by atoms with Crippen LogP contribution in [0.5, 0.6) is 5.75 Å². The molecule has 224 valence electrons. The highest BCUT2D eigenvalue weighted by Gasteiger charge is 2.23. The number of benzene rings is 2. The lowest BCUT2D eigenvalue weighted by Gasteiger charge is -2.14. The monoisotopic (exact) mass is 556 g/mol. The smallest absolute Gasteiger partial charge is 0.344 e. The average molecular weight is 557 g/mol. The number of rotatable bonds is 19. The van der Waals surface area contributed by atoms with Gasteiger partial charge in [-0.2, -0.15) is 0 Å². The molecule has 2 N–H and O–H groups in total. The molecule has 0 aromatic heterocycles. The number of aliphatic hydroxyl groups is 2. The summed E-state index contributed by atoms with van der Waals surface area (Å²) in [6, 6.07) is 14.4. The van der Waals surface area contributed by atoms with Gasteiger partial charge in [0.25, 0.3) is 0 Å². The van der Waals surface area contributed by atoms with E-state index in [0.717, 1.165) is 50.5 Å². The van der Waals surface area contributed by atoms with Crippen LogP contribution in [0.25, 0.3) is 0 Å². The van der Waals surface area contributed by atoms with Gasteiger partial charge in [-0.25, -0.2) is 9.59 Å². The number of hydrogen-bond donors (Lipinski definition) is 2. The number of para-hydroxylation sites is 1. The maximum Gasteiger partial charge on any atom is 0.344 e. The van der Waals surface area contributed by atoms with E-state index in [1.807, 2.05) is 37.3 Å². The third-order valence-electron chi connectivity index (χ3n) is 6.61. The van der Waals surface area contributed by atoms with Crippen LogP contribution in [0.3, 0.4) is 0 Å². The molecule has 6 nitrogen and oxygen atoms in total. The third-order valence-corrected chi connectivity index (χ3v) is 6.61. The predicted octanol–water partition coefficient (Wildman–Crippen LogP) is 8.42. The molecular formula is C34H52O6. The number of aryl methyl sites for hydroxylation is 1. The van der Waals surface area contributed by atoms with E-state index in [4.69, 9.17) is 19.7 Å². The SMILES string of the molecule is CCCC(O)O.CCCCCCCCOC(=O)c1c(CCCCCCCC)cccc1C(=O)Oc1ccccc1. The van der Waals surface area contributed by atoms with E-state index in [9.17, 15) is 9.59 Å². The van der Waals surface area contributed by atoms with Gasteiger partial charge in [0, 0.05) is 0 Å². The highest BCUT2D eigenvalue weighted by atomic mass is 16.5. The van der Waals surface area contributed by atoms with E-state index in [1.165, 1.54) is 44.9 Å². The second-order valence-electron chi connectivity index (χ2n) is 10.2. The molecule has 0 amide bonds. The summed E-state index contributed by atoms with van der Waals surface area (Å²) in [5.74, 6) is -0.488. The van der Waals surface area contributed by atoms with Crippen molar-refractivity contribution in [3.8, 4) is 5.75 Å². The molecule has 2 aromatic rings. The van der Waals surface area contributed by atoms with Gasteiger partial charge in [0.1, 0.15) is 5.75 Å². The standard InChI is InChI=1S/C30H42O4.C4H10O2/c1-3-5-7-9-11-14-19-25-20-18-23-27(29(31)34-26-21-15-13-16-22-26)28(25)30(32)33-24-17-12-10-8-6-4-2;1-2-3-4(5)6/h13,15-16,18,20-23H,3-12,14,17,19,24H2,1-2H3;4-6H,2-3H2,1H3. The van der Waals surface area contributed by atoms with E-state index in [1.54, 1.807) is 18.2 Å². The van der Waals surface area contributed by atoms with E-state index in [-0.39, 0.29) is 5.56 Å². The van der Waals surface area contributed by atoms with Gasteiger partial charge in [0.05, 0.1) is 17.7 Å². The first-order chi connectivity index (χ1) is 19.4. The minimum atomic E-state index is -1.10. The number of unbranched alkanes of at least 4 members (excludes halogenated alkanes) is 10. The van der Waals surface area contributed by atoms with Gasteiger partial charge in [-0.3, -0.25) is 0 Å². The number of hydrogen-bond acceptors (Lipinski definition) is 6. The highest BCUT2D eigenvalue weighted by molar-refractivity contribution is 6.04. The van der Waals surface area contributed by atoms with Gasteiger partial charge >= 0.3 is 11.9 Å². The van der Waals surface area contributed by atoms with Crippen molar-refractivity contribution < 1.29 is 29.3 Å². The zero-order valence-electron chi connectivity index (χ0n) is 25.0. The predicted molar refractivity (Wildman–Crippen MR) is 162 cm³/mol. The summed E-state index contributed by atoms with van der Waals surface area (Å²) in [6.45, 7) is 6.69. The maximum absolute atomic E-state index is 13.1. The number of aliphatic hydroxyl groups excluding tert-OH is 1.